The third kappa shape index (κ3) is 4.05. The van der Waals surface area contributed by atoms with E-state index in [2.05, 4.69) is 19.6 Å². The summed E-state index contributed by atoms with van der Waals surface area (Å²) in [5.41, 5.74) is 0.609. The smallest absolute Gasteiger partial charge is 0.244 e. The average Bonchev–Trinajstić information content (AvgIpc) is 3.21. The fourth-order valence-corrected chi connectivity index (χ4v) is 3.94. The van der Waals surface area contributed by atoms with E-state index in [4.69, 9.17) is 9.47 Å². The molecule has 3 rings (SSSR count). The van der Waals surface area contributed by atoms with Gasteiger partial charge in [0.25, 0.3) is 0 Å². The van der Waals surface area contributed by atoms with E-state index in [1.165, 1.54) is 26.4 Å². The number of ether oxygens (including phenoxy) is 2. The molecule has 0 saturated carbocycles. The first-order valence-corrected chi connectivity index (χ1v) is 9.80. The van der Waals surface area contributed by atoms with Crippen LogP contribution in [0.3, 0.4) is 0 Å². The van der Waals surface area contributed by atoms with Crippen LogP contribution in [0.4, 0.5) is 5.95 Å². The zero-order valence-electron chi connectivity index (χ0n) is 14.8. The van der Waals surface area contributed by atoms with Crippen molar-refractivity contribution in [1.29, 1.82) is 0 Å². The van der Waals surface area contributed by atoms with Gasteiger partial charge in [-0.1, -0.05) is 0 Å². The van der Waals surface area contributed by atoms with Crippen LogP contribution in [0.25, 0.3) is 0 Å². The lowest BCUT2D eigenvalue weighted by atomic mass is 10.3. The number of hydrogen-bond donors (Lipinski definition) is 1. The van der Waals surface area contributed by atoms with Crippen LogP contribution in [-0.4, -0.2) is 45.7 Å². The molecule has 1 saturated heterocycles. The zero-order valence-corrected chi connectivity index (χ0v) is 15.6. The second-order valence-corrected chi connectivity index (χ2v) is 7.62. The second kappa shape index (κ2) is 7.88. The normalized spacial score (nSPS) is 14.5. The Balaban J connectivity index is 1.75. The fourth-order valence-electron chi connectivity index (χ4n) is 2.80. The van der Waals surface area contributed by atoms with Gasteiger partial charge in [-0.3, -0.25) is 0 Å². The lowest BCUT2D eigenvalue weighted by Gasteiger charge is -2.16. The molecule has 1 aliphatic heterocycles. The third-order valence-corrected chi connectivity index (χ3v) is 5.63. The number of benzene rings is 1. The van der Waals surface area contributed by atoms with Crippen molar-refractivity contribution in [3.63, 3.8) is 0 Å². The van der Waals surface area contributed by atoms with Crippen molar-refractivity contribution >= 4 is 16.0 Å². The summed E-state index contributed by atoms with van der Waals surface area (Å²) in [6.45, 7) is 1.93. The van der Waals surface area contributed by atoms with Crippen molar-refractivity contribution in [1.82, 2.24) is 14.7 Å². The number of rotatable bonds is 7. The van der Waals surface area contributed by atoms with Gasteiger partial charge in [0, 0.05) is 25.4 Å². The molecule has 1 aromatic carbocycles. The number of aromatic nitrogens is 2. The Hall–Kier alpha value is -2.39. The summed E-state index contributed by atoms with van der Waals surface area (Å²) in [5, 5.41) is 0. The Labute approximate surface area is 153 Å². The molecule has 0 unspecified atom stereocenters. The maximum atomic E-state index is 12.6. The Morgan fingerprint density at radius 3 is 2.62 bits per heavy atom. The van der Waals surface area contributed by atoms with Crippen LogP contribution in [0, 0.1) is 0 Å². The van der Waals surface area contributed by atoms with E-state index in [1.54, 1.807) is 18.3 Å². The van der Waals surface area contributed by atoms with E-state index in [0.717, 1.165) is 25.9 Å². The van der Waals surface area contributed by atoms with Crippen molar-refractivity contribution in [3.05, 3.63) is 36.2 Å². The molecule has 26 heavy (non-hydrogen) atoms. The summed E-state index contributed by atoms with van der Waals surface area (Å²) in [6.07, 6.45) is 3.90. The summed E-state index contributed by atoms with van der Waals surface area (Å²) in [5.74, 6) is 1.38. The van der Waals surface area contributed by atoms with Gasteiger partial charge in [0.2, 0.25) is 16.0 Å². The van der Waals surface area contributed by atoms with Crippen LogP contribution in [-0.2, 0) is 16.6 Å². The maximum Gasteiger partial charge on any atom is 0.244 e. The average molecular weight is 378 g/mol. The van der Waals surface area contributed by atoms with Crippen LogP contribution in [0.1, 0.15) is 18.5 Å². The van der Waals surface area contributed by atoms with E-state index < -0.39 is 10.0 Å². The van der Waals surface area contributed by atoms with Crippen molar-refractivity contribution in [3.8, 4) is 11.5 Å². The molecular weight excluding hydrogens is 356 g/mol. The van der Waals surface area contributed by atoms with E-state index >= 15 is 0 Å². The topological polar surface area (TPSA) is 93.7 Å². The highest BCUT2D eigenvalue weighted by Gasteiger charge is 2.21. The highest BCUT2D eigenvalue weighted by atomic mass is 32.2. The number of nitrogens with zero attached hydrogens (tertiary/aromatic N) is 3. The van der Waals surface area contributed by atoms with Gasteiger partial charge in [-0.25, -0.2) is 23.1 Å². The molecule has 0 amide bonds. The minimum Gasteiger partial charge on any atom is -0.497 e. The van der Waals surface area contributed by atoms with Crippen LogP contribution < -0.4 is 19.1 Å². The SMILES string of the molecule is COc1ccc(S(=O)(=O)NCc2ccnc(N3CCCC3)n2)c(OC)c1. The molecular formula is C17H22N4O4S. The van der Waals surface area contributed by atoms with Crippen molar-refractivity contribution in [2.75, 3.05) is 32.2 Å². The van der Waals surface area contributed by atoms with Gasteiger partial charge in [0.1, 0.15) is 16.4 Å². The van der Waals surface area contributed by atoms with Gasteiger partial charge in [0.05, 0.1) is 26.5 Å². The van der Waals surface area contributed by atoms with Gasteiger partial charge in [-0.2, -0.15) is 0 Å². The van der Waals surface area contributed by atoms with Gasteiger partial charge >= 0.3 is 0 Å². The summed E-state index contributed by atoms with van der Waals surface area (Å²) < 4.78 is 38.1. The van der Waals surface area contributed by atoms with E-state index in [0.29, 0.717) is 17.4 Å². The minimum atomic E-state index is -3.76. The molecule has 0 spiro atoms. The van der Waals surface area contributed by atoms with Crippen molar-refractivity contribution in [2.45, 2.75) is 24.3 Å². The summed E-state index contributed by atoms with van der Waals surface area (Å²) >= 11 is 0. The zero-order chi connectivity index (χ0) is 18.6. The molecule has 1 aromatic heterocycles. The molecule has 1 aliphatic rings. The van der Waals surface area contributed by atoms with E-state index in [-0.39, 0.29) is 17.2 Å². The largest absolute Gasteiger partial charge is 0.497 e. The molecule has 0 radical (unpaired) electrons. The Morgan fingerprint density at radius 1 is 1.15 bits per heavy atom. The number of anilines is 1. The molecule has 0 atom stereocenters. The predicted octanol–water partition coefficient (Wildman–Crippen LogP) is 1.57. The number of methoxy groups -OCH3 is 2. The third-order valence-electron chi connectivity index (χ3n) is 4.19. The van der Waals surface area contributed by atoms with Gasteiger partial charge in [-0.15, -0.1) is 0 Å². The molecule has 2 heterocycles. The highest BCUT2D eigenvalue weighted by Crippen LogP contribution is 2.28. The number of nitrogens with one attached hydrogen (secondary N) is 1. The number of sulfonamides is 1. The fraction of sp³-hybridized carbons (Fsp3) is 0.412. The van der Waals surface area contributed by atoms with Crippen LogP contribution in [0.5, 0.6) is 11.5 Å². The standard InChI is InChI=1S/C17H22N4O4S/c1-24-14-5-6-16(15(11-14)25-2)26(22,23)19-12-13-7-8-18-17(20-13)21-9-3-4-10-21/h5-8,11,19H,3-4,9-10,12H2,1-2H3. The summed E-state index contributed by atoms with van der Waals surface area (Å²) in [4.78, 5) is 10.9. The first-order chi connectivity index (χ1) is 12.5. The second-order valence-electron chi connectivity index (χ2n) is 5.88. The van der Waals surface area contributed by atoms with Gasteiger partial charge in [-0.05, 0) is 31.0 Å². The Bertz CT molecular complexity index is 867. The van der Waals surface area contributed by atoms with Crippen LogP contribution in [0.2, 0.25) is 0 Å². The van der Waals surface area contributed by atoms with Crippen molar-refractivity contribution in [2.24, 2.45) is 0 Å². The maximum absolute atomic E-state index is 12.6. The summed E-state index contributed by atoms with van der Waals surface area (Å²) in [7, 11) is -0.837. The highest BCUT2D eigenvalue weighted by molar-refractivity contribution is 7.89. The van der Waals surface area contributed by atoms with Crippen LogP contribution >= 0.6 is 0 Å². The Kier molecular flexibility index (Phi) is 5.58. The summed E-state index contributed by atoms with van der Waals surface area (Å²) in [6, 6.07) is 6.26. The first kappa shape index (κ1) is 18.4. The van der Waals surface area contributed by atoms with Gasteiger partial charge < -0.3 is 14.4 Å². The minimum absolute atomic E-state index is 0.0506. The molecule has 0 aliphatic carbocycles. The molecule has 1 fully saturated rings. The molecule has 8 nitrogen and oxygen atoms in total. The molecule has 9 heteroatoms. The predicted molar refractivity (Wildman–Crippen MR) is 97.1 cm³/mol. The molecule has 1 N–H and O–H groups in total. The van der Waals surface area contributed by atoms with E-state index in [9.17, 15) is 8.42 Å². The molecule has 2 aromatic rings. The Morgan fingerprint density at radius 2 is 1.92 bits per heavy atom. The molecule has 0 bridgehead atoms. The monoisotopic (exact) mass is 378 g/mol. The number of hydrogen-bond acceptors (Lipinski definition) is 7. The first-order valence-electron chi connectivity index (χ1n) is 8.32. The quantitative estimate of drug-likeness (QED) is 0.782. The lowest BCUT2D eigenvalue weighted by molar-refractivity contribution is 0.386. The van der Waals surface area contributed by atoms with Crippen LogP contribution in [0.15, 0.2) is 35.4 Å². The van der Waals surface area contributed by atoms with Crippen molar-refractivity contribution < 1.29 is 17.9 Å². The molecule has 140 valence electrons. The van der Waals surface area contributed by atoms with Gasteiger partial charge in [0.15, 0.2) is 0 Å². The van der Waals surface area contributed by atoms with E-state index in [1.807, 2.05) is 0 Å². The lowest BCUT2D eigenvalue weighted by Crippen LogP contribution is -2.25.